The molecule has 2 aromatic carbocycles. The van der Waals surface area contributed by atoms with Crippen molar-refractivity contribution >= 4 is 51.9 Å². The largest absolute Gasteiger partial charge is 0.416 e. The zero-order valence-corrected chi connectivity index (χ0v) is 16.0. The molecular formula is C19H13F3N2O2S2. The van der Waals surface area contributed by atoms with E-state index in [0.29, 0.717) is 14.8 Å². The lowest BCUT2D eigenvalue weighted by atomic mass is 10.1. The molecule has 0 aliphatic carbocycles. The SMILES string of the molecule is CN1C(=O)/C(=C\c2ccc(C(=O)Nc3cccc(C(F)(F)F)c3)cc2)SC1=S. The van der Waals surface area contributed by atoms with Gasteiger partial charge in [0.25, 0.3) is 11.8 Å². The monoisotopic (exact) mass is 422 g/mol. The number of thioether (sulfide) groups is 1. The number of alkyl halides is 3. The van der Waals surface area contributed by atoms with Gasteiger partial charge >= 0.3 is 6.18 Å². The van der Waals surface area contributed by atoms with Crippen LogP contribution >= 0.6 is 24.0 Å². The molecule has 0 bridgehead atoms. The highest BCUT2D eigenvalue weighted by Crippen LogP contribution is 2.32. The Bertz CT molecular complexity index is 985. The van der Waals surface area contributed by atoms with E-state index in [2.05, 4.69) is 5.32 Å². The third kappa shape index (κ3) is 4.42. The molecule has 1 fully saturated rings. The van der Waals surface area contributed by atoms with Crippen molar-refractivity contribution in [2.45, 2.75) is 6.18 Å². The first-order valence-corrected chi connectivity index (χ1v) is 9.18. The van der Waals surface area contributed by atoms with Crippen LogP contribution in [0.5, 0.6) is 0 Å². The van der Waals surface area contributed by atoms with E-state index in [1.807, 2.05) is 0 Å². The Hall–Kier alpha value is -2.65. The van der Waals surface area contributed by atoms with Gasteiger partial charge in [0.05, 0.1) is 10.5 Å². The number of nitrogens with zero attached hydrogens (tertiary/aromatic N) is 1. The Kier molecular flexibility index (Phi) is 5.57. The van der Waals surface area contributed by atoms with Crippen LogP contribution in [-0.2, 0) is 11.0 Å². The van der Waals surface area contributed by atoms with Crippen LogP contribution in [0.2, 0.25) is 0 Å². The quantitative estimate of drug-likeness (QED) is 0.571. The van der Waals surface area contributed by atoms with Gasteiger partial charge in [-0.2, -0.15) is 13.2 Å². The van der Waals surface area contributed by atoms with Gasteiger partial charge in [-0.1, -0.05) is 42.2 Å². The van der Waals surface area contributed by atoms with Crippen LogP contribution in [0.4, 0.5) is 18.9 Å². The van der Waals surface area contributed by atoms with Crippen molar-refractivity contribution in [3.63, 3.8) is 0 Å². The highest BCUT2D eigenvalue weighted by Gasteiger charge is 2.30. The topological polar surface area (TPSA) is 49.4 Å². The summed E-state index contributed by atoms with van der Waals surface area (Å²) in [5, 5.41) is 2.45. The van der Waals surface area contributed by atoms with Gasteiger partial charge in [-0.3, -0.25) is 14.5 Å². The minimum absolute atomic E-state index is 0.0514. The fourth-order valence-electron chi connectivity index (χ4n) is 2.40. The standard InChI is InChI=1S/C19H13F3N2O2S2/c1-24-17(26)15(28-18(24)27)9-11-5-7-12(8-6-11)16(25)23-14-4-2-3-13(10-14)19(20,21)22/h2-10H,1H3,(H,23,25)/b15-9+. The maximum Gasteiger partial charge on any atom is 0.416 e. The lowest BCUT2D eigenvalue weighted by Gasteiger charge is -2.10. The lowest BCUT2D eigenvalue weighted by Crippen LogP contribution is -2.22. The smallest absolute Gasteiger partial charge is 0.322 e. The van der Waals surface area contributed by atoms with Gasteiger partial charge in [0.15, 0.2) is 0 Å². The number of hydrogen-bond donors (Lipinski definition) is 1. The van der Waals surface area contributed by atoms with Crippen LogP contribution < -0.4 is 5.32 Å². The summed E-state index contributed by atoms with van der Waals surface area (Å²) < 4.78 is 38.7. The molecule has 0 unspecified atom stereocenters. The molecule has 1 aliphatic rings. The number of amides is 2. The molecule has 1 heterocycles. The van der Waals surface area contributed by atoms with Crippen LogP contribution in [0.3, 0.4) is 0 Å². The van der Waals surface area contributed by atoms with Gasteiger partial charge < -0.3 is 5.32 Å². The minimum Gasteiger partial charge on any atom is -0.322 e. The molecule has 2 amide bonds. The van der Waals surface area contributed by atoms with E-state index in [9.17, 15) is 22.8 Å². The maximum absolute atomic E-state index is 12.8. The van der Waals surface area contributed by atoms with E-state index >= 15 is 0 Å². The number of carbonyl (C=O) groups is 2. The van der Waals surface area contributed by atoms with Crippen molar-refractivity contribution in [3.8, 4) is 0 Å². The summed E-state index contributed by atoms with van der Waals surface area (Å²) >= 11 is 6.26. The van der Waals surface area contributed by atoms with Crippen molar-refractivity contribution in [1.29, 1.82) is 0 Å². The van der Waals surface area contributed by atoms with Crippen molar-refractivity contribution in [2.75, 3.05) is 12.4 Å². The highest BCUT2D eigenvalue weighted by atomic mass is 32.2. The maximum atomic E-state index is 12.8. The second-order valence-electron chi connectivity index (χ2n) is 5.90. The fourth-order valence-corrected chi connectivity index (χ4v) is 3.58. The molecule has 1 aliphatic heterocycles. The van der Waals surface area contributed by atoms with Gasteiger partial charge in [-0.05, 0) is 42.0 Å². The molecule has 0 atom stereocenters. The summed E-state index contributed by atoms with van der Waals surface area (Å²) in [6, 6.07) is 10.8. The Balaban J connectivity index is 1.73. The summed E-state index contributed by atoms with van der Waals surface area (Å²) in [6.07, 6.45) is -2.82. The lowest BCUT2D eigenvalue weighted by molar-refractivity contribution is -0.137. The van der Waals surface area contributed by atoms with Crippen LogP contribution in [0.1, 0.15) is 21.5 Å². The summed E-state index contributed by atoms with van der Waals surface area (Å²) in [7, 11) is 1.60. The number of anilines is 1. The van der Waals surface area contributed by atoms with Crippen LogP contribution in [-0.4, -0.2) is 28.1 Å². The zero-order chi connectivity index (χ0) is 20.5. The van der Waals surface area contributed by atoms with Gasteiger partial charge in [0.1, 0.15) is 4.32 Å². The normalized spacial score (nSPS) is 16.0. The van der Waals surface area contributed by atoms with Crippen LogP contribution in [0.15, 0.2) is 53.4 Å². The number of halogens is 3. The van der Waals surface area contributed by atoms with E-state index < -0.39 is 17.6 Å². The van der Waals surface area contributed by atoms with Gasteiger partial charge in [-0.25, -0.2) is 0 Å². The molecule has 0 radical (unpaired) electrons. The molecule has 0 spiro atoms. The third-order valence-corrected chi connectivity index (χ3v) is 5.39. The minimum atomic E-state index is -4.48. The predicted octanol–water partition coefficient (Wildman–Crippen LogP) is 4.79. The average molecular weight is 422 g/mol. The van der Waals surface area contributed by atoms with Crippen LogP contribution in [0.25, 0.3) is 6.08 Å². The van der Waals surface area contributed by atoms with E-state index in [4.69, 9.17) is 12.2 Å². The van der Waals surface area contributed by atoms with Crippen molar-refractivity contribution in [3.05, 3.63) is 70.1 Å². The first-order valence-electron chi connectivity index (χ1n) is 7.95. The molecule has 1 N–H and O–H groups in total. The molecule has 2 aromatic rings. The first-order chi connectivity index (χ1) is 13.1. The van der Waals surface area contributed by atoms with Crippen LogP contribution in [0, 0.1) is 0 Å². The summed E-state index contributed by atoms with van der Waals surface area (Å²) in [6.45, 7) is 0. The zero-order valence-electron chi connectivity index (χ0n) is 14.4. The number of benzene rings is 2. The molecule has 9 heteroatoms. The van der Waals surface area contributed by atoms with E-state index in [0.717, 1.165) is 12.1 Å². The Morgan fingerprint density at radius 3 is 2.43 bits per heavy atom. The number of carbonyl (C=O) groups excluding carboxylic acids is 2. The summed E-state index contributed by atoms with van der Waals surface area (Å²) in [5.41, 5.74) is 0.187. The summed E-state index contributed by atoms with van der Waals surface area (Å²) in [5.74, 6) is -0.730. The van der Waals surface area contributed by atoms with Crippen molar-refractivity contribution in [2.24, 2.45) is 0 Å². The van der Waals surface area contributed by atoms with Gasteiger partial charge in [0, 0.05) is 18.3 Å². The number of likely N-dealkylation sites (N-methyl/N-ethyl adjacent to an activating group) is 1. The van der Waals surface area contributed by atoms with Gasteiger partial charge in [0.2, 0.25) is 0 Å². The molecular weight excluding hydrogens is 409 g/mol. The predicted molar refractivity (Wildman–Crippen MR) is 107 cm³/mol. The second-order valence-corrected chi connectivity index (χ2v) is 7.57. The molecule has 0 aromatic heterocycles. The van der Waals surface area contributed by atoms with Gasteiger partial charge in [-0.15, -0.1) is 0 Å². The number of thiocarbonyl (C=S) groups is 1. The van der Waals surface area contributed by atoms with Crippen molar-refractivity contribution in [1.82, 2.24) is 4.90 Å². The van der Waals surface area contributed by atoms with E-state index in [-0.39, 0.29) is 17.2 Å². The first kappa shape index (κ1) is 20.1. The number of hydrogen-bond acceptors (Lipinski definition) is 4. The number of rotatable bonds is 3. The molecule has 144 valence electrons. The number of nitrogens with one attached hydrogen (secondary N) is 1. The molecule has 1 saturated heterocycles. The average Bonchev–Trinajstić information content (AvgIpc) is 2.88. The summed E-state index contributed by atoms with van der Waals surface area (Å²) in [4.78, 5) is 26.1. The third-order valence-electron chi connectivity index (χ3n) is 3.90. The fraction of sp³-hybridized carbons (Fsp3) is 0.105. The molecule has 28 heavy (non-hydrogen) atoms. The van der Waals surface area contributed by atoms with Crippen molar-refractivity contribution < 1.29 is 22.8 Å². The Morgan fingerprint density at radius 2 is 1.86 bits per heavy atom. The van der Waals surface area contributed by atoms with E-state index in [1.165, 1.54) is 40.9 Å². The molecule has 4 nitrogen and oxygen atoms in total. The molecule has 3 rings (SSSR count). The molecule has 0 saturated carbocycles. The van der Waals surface area contributed by atoms with E-state index in [1.54, 1.807) is 25.3 Å². The second kappa shape index (κ2) is 7.76. The Labute approximate surface area is 168 Å². The Morgan fingerprint density at radius 1 is 1.18 bits per heavy atom. The highest BCUT2D eigenvalue weighted by molar-refractivity contribution is 8.26.